The van der Waals surface area contributed by atoms with Gasteiger partial charge in [0.15, 0.2) is 0 Å². The first-order valence-electron chi connectivity index (χ1n) is 3.03. The number of aliphatic hydroxyl groups is 1. The molecule has 17 heavy (non-hydrogen) atoms. The molecular formula is C3H7O10P2Zn2-. The van der Waals surface area contributed by atoms with Crippen molar-refractivity contribution in [2.75, 3.05) is 0 Å². The smallest absolute Gasteiger partial charge is 0.790 e. The molecule has 0 aromatic rings. The van der Waals surface area contributed by atoms with E-state index in [1.807, 2.05) is 0 Å². The number of carboxylic acid groups (broad SMARTS) is 1. The van der Waals surface area contributed by atoms with Crippen molar-refractivity contribution in [2.24, 2.45) is 0 Å². The average molecular weight is 396 g/mol. The summed E-state index contributed by atoms with van der Waals surface area (Å²) in [7, 11) is -11.0. The van der Waals surface area contributed by atoms with Gasteiger partial charge in [-0.25, -0.2) is 4.79 Å². The molecule has 0 spiro atoms. The van der Waals surface area contributed by atoms with Gasteiger partial charge in [-0.1, -0.05) is 0 Å². The van der Waals surface area contributed by atoms with Crippen molar-refractivity contribution in [1.29, 1.82) is 0 Å². The molecule has 0 heterocycles. The Hall–Kier alpha value is 0.937. The molecule has 0 radical (unpaired) electrons. The fraction of sp³-hybridized carbons (Fsp3) is 0.667. The second-order valence-electron chi connectivity index (χ2n) is 2.01. The predicted molar refractivity (Wildman–Crippen MR) is 37.8 cm³/mol. The third-order valence-corrected chi connectivity index (χ3v) is 2.19. The molecule has 0 rings (SSSR count). The summed E-state index contributed by atoms with van der Waals surface area (Å²) in [5.74, 6) is -1.19. The summed E-state index contributed by atoms with van der Waals surface area (Å²) < 4.78 is 21.4. The minimum Gasteiger partial charge on any atom is -0.790 e. The first-order chi connectivity index (χ1) is 6.35. The molecule has 2 atom stereocenters. The van der Waals surface area contributed by atoms with E-state index in [1.165, 1.54) is 6.92 Å². The molecule has 0 fully saturated rings. The minimum absolute atomic E-state index is 0. The summed E-state index contributed by atoms with van der Waals surface area (Å²) >= 11 is 0. The topological polar surface area (TPSA) is 190 Å². The molecule has 0 aromatic carbocycles. The quantitative estimate of drug-likeness (QED) is 0.322. The van der Waals surface area contributed by atoms with Crippen LogP contribution in [0.3, 0.4) is 0 Å². The molecule has 0 aliphatic carbocycles. The van der Waals surface area contributed by atoms with E-state index in [4.69, 9.17) is 15.1 Å². The zero-order valence-electron chi connectivity index (χ0n) is 8.59. The van der Waals surface area contributed by atoms with Crippen molar-refractivity contribution in [3.63, 3.8) is 0 Å². The number of phosphoric acid groups is 2. The van der Waals surface area contributed by atoms with Crippen molar-refractivity contribution in [3.8, 4) is 0 Å². The maximum absolute atomic E-state index is 9.45. The van der Waals surface area contributed by atoms with Gasteiger partial charge in [0.25, 0.3) is 7.82 Å². The molecule has 94 valence electrons. The van der Waals surface area contributed by atoms with Crippen LogP contribution in [0.5, 0.6) is 0 Å². The van der Waals surface area contributed by atoms with Crippen LogP contribution in [0.4, 0.5) is 0 Å². The van der Waals surface area contributed by atoms with Crippen LogP contribution in [-0.2, 0) is 57.2 Å². The molecule has 0 amide bonds. The van der Waals surface area contributed by atoms with Gasteiger partial charge in [0.05, 0.1) is 7.82 Å². The summed E-state index contributed by atoms with van der Waals surface area (Å²) in [6.07, 6.45) is -1.23. The van der Waals surface area contributed by atoms with E-state index in [1.54, 1.807) is 0 Å². The van der Waals surface area contributed by atoms with Crippen LogP contribution < -0.4 is 14.7 Å². The Morgan fingerprint density at radius 1 is 1.29 bits per heavy atom. The second-order valence-corrected chi connectivity index (χ2v) is 4.50. The zero-order valence-corrected chi connectivity index (χ0v) is 16.3. The van der Waals surface area contributed by atoms with Crippen LogP contribution in [-0.4, -0.2) is 27.2 Å². The second kappa shape index (κ2) is 10.8. The monoisotopic (exact) mass is 393 g/mol. The Labute approximate surface area is 121 Å². The molecule has 0 saturated heterocycles. The number of carbonyl (C=O) groups is 1. The van der Waals surface area contributed by atoms with Crippen LogP contribution in [0.15, 0.2) is 0 Å². The Bertz CT molecular complexity index is 272. The molecule has 0 bridgehead atoms. The number of aliphatic carboxylic acids is 1. The molecule has 0 aromatic heterocycles. The van der Waals surface area contributed by atoms with Gasteiger partial charge in [-0.05, 0) is 6.92 Å². The molecular weight excluding hydrogens is 389 g/mol. The first kappa shape index (κ1) is 26.5. The number of rotatable bonds is 3. The largest absolute Gasteiger partial charge is 2.00 e. The molecule has 0 aliphatic heterocycles. The van der Waals surface area contributed by atoms with Crippen molar-refractivity contribution >= 4 is 21.6 Å². The van der Waals surface area contributed by atoms with Gasteiger partial charge >= 0.3 is 25.4 Å². The van der Waals surface area contributed by atoms with Crippen molar-refractivity contribution in [1.82, 2.24) is 0 Å². The van der Waals surface area contributed by atoms with Crippen molar-refractivity contribution in [3.05, 3.63) is 0 Å². The summed E-state index contributed by atoms with van der Waals surface area (Å²) in [4.78, 5) is 45.2. The van der Waals surface area contributed by atoms with Crippen LogP contribution in [0.2, 0.25) is 0 Å². The van der Waals surface area contributed by atoms with E-state index in [-0.39, 0.29) is 39.0 Å². The third-order valence-electron chi connectivity index (χ3n) is 0.561. The van der Waals surface area contributed by atoms with Gasteiger partial charge in [0.1, 0.15) is 6.10 Å². The maximum Gasteiger partial charge on any atom is 2.00 e. The standard InChI is InChI=1S/C3H6O3.H4O7P2.2Zn/c1-2(4)3(5)6;1-8(2,3)7-9(4,5)6;;/h2,4H,1H3,(H,5,6);(H2,1,2,3)(H2,4,5,6);;/q;;;+2/p-3. The third kappa shape index (κ3) is 31.6. The summed E-state index contributed by atoms with van der Waals surface area (Å²) in [5.41, 5.74) is 0. The summed E-state index contributed by atoms with van der Waals surface area (Å²) in [6.45, 7) is 1.20. The Balaban J connectivity index is -0.0000000945. The van der Waals surface area contributed by atoms with E-state index in [9.17, 15) is 28.6 Å². The van der Waals surface area contributed by atoms with Crippen LogP contribution in [0.1, 0.15) is 6.92 Å². The van der Waals surface area contributed by atoms with Gasteiger partial charge in [0.2, 0.25) is 0 Å². The van der Waals surface area contributed by atoms with E-state index in [0.29, 0.717) is 0 Å². The fourth-order valence-electron chi connectivity index (χ4n) is 0.126. The van der Waals surface area contributed by atoms with Gasteiger partial charge in [-0.2, -0.15) is 0 Å². The number of hydrogen-bond donors (Lipinski definition) is 3. The summed E-state index contributed by atoms with van der Waals surface area (Å²) in [5, 5.41) is 15.8. The molecule has 0 saturated carbocycles. The van der Waals surface area contributed by atoms with Gasteiger partial charge < -0.3 is 34.4 Å². The first-order valence-corrected chi connectivity index (χ1v) is 5.99. The predicted octanol–water partition coefficient (Wildman–Crippen LogP) is -3.26. The average Bonchev–Trinajstić information content (AvgIpc) is 1.78. The maximum atomic E-state index is 9.45. The van der Waals surface area contributed by atoms with Crippen LogP contribution in [0, 0.1) is 0 Å². The Morgan fingerprint density at radius 2 is 1.53 bits per heavy atom. The van der Waals surface area contributed by atoms with Crippen LogP contribution in [0.25, 0.3) is 0 Å². The number of hydrogen-bond acceptors (Lipinski definition) is 8. The van der Waals surface area contributed by atoms with Gasteiger partial charge in [0, 0.05) is 19.5 Å². The Morgan fingerprint density at radius 3 is 1.53 bits per heavy atom. The van der Waals surface area contributed by atoms with Crippen molar-refractivity contribution in [2.45, 2.75) is 13.0 Å². The van der Waals surface area contributed by atoms with Gasteiger partial charge in [-0.15, -0.1) is 0 Å². The Kier molecular flexibility index (Phi) is 16.9. The zero-order chi connectivity index (χ0) is 12.9. The molecule has 14 heteroatoms. The van der Waals surface area contributed by atoms with E-state index in [0.717, 1.165) is 0 Å². The number of aliphatic hydroxyl groups excluding tert-OH is 1. The summed E-state index contributed by atoms with van der Waals surface area (Å²) in [6, 6.07) is 0. The molecule has 3 N–H and O–H groups in total. The van der Waals surface area contributed by atoms with Crippen molar-refractivity contribution < 1.29 is 87.0 Å². The number of carboxylic acids is 1. The molecule has 10 nitrogen and oxygen atoms in total. The van der Waals surface area contributed by atoms with E-state index < -0.39 is 27.7 Å². The fourth-order valence-corrected chi connectivity index (χ4v) is 1.14. The van der Waals surface area contributed by atoms with Gasteiger partial charge in [-0.3, -0.25) is 8.88 Å². The normalized spacial score (nSPS) is 14.9. The van der Waals surface area contributed by atoms with E-state index >= 15 is 0 Å². The van der Waals surface area contributed by atoms with Crippen LogP contribution >= 0.6 is 15.6 Å². The SMILES string of the molecule is CC(O)C(=O)O.O=P([O-])([O-])OP(=O)([O-])O.[Zn+2].[Zn]. The van der Waals surface area contributed by atoms with E-state index in [2.05, 4.69) is 4.31 Å². The minimum atomic E-state index is -5.61. The molecule has 2 unspecified atom stereocenters. The molecule has 0 aliphatic rings.